The third kappa shape index (κ3) is 2.18. The molecule has 3 aromatic rings. The first-order chi connectivity index (χ1) is 11.1. The van der Waals surface area contributed by atoms with Crippen LogP contribution >= 0.6 is 11.6 Å². The second-order valence-electron chi connectivity index (χ2n) is 6.36. The summed E-state index contributed by atoms with van der Waals surface area (Å²) in [5.74, 6) is 0. The number of aromatic nitrogens is 2. The van der Waals surface area contributed by atoms with Gasteiger partial charge in [0.2, 0.25) is 0 Å². The van der Waals surface area contributed by atoms with Gasteiger partial charge in [-0.05, 0) is 44.7 Å². The van der Waals surface area contributed by atoms with Gasteiger partial charge in [0.1, 0.15) is 5.39 Å². The number of pyridine rings is 1. The maximum Gasteiger partial charge on any atom is 0.264 e. The van der Waals surface area contributed by atoms with Crippen LogP contribution in [0.15, 0.2) is 27.5 Å². The zero-order valence-electron chi connectivity index (χ0n) is 12.9. The molecule has 6 heteroatoms. The summed E-state index contributed by atoms with van der Waals surface area (Å²) in [6, 6.07) is 5.81. The van der Waals surface area contributed by atoms with Gasteiger partial charge in [0.15, 0.2) is 5.58 Å². The average molecular weight is 332 g/mol. The van der Waals surface area contributed by atoms with Crippen LogP contribution in [0.1, 0.15) is 37.4 Å². The largest absolute Gasteiger partial charge is 0.355 e. The molecular weight excluding hydrogens is 314 g/mol. The van der Waals surface area contributed by atoms with Crippen LogP contribution in [0.5, 0.6) is 0 Å². The summed E-state index contributed by atoms with van der Waals surface area (Å²) in [5.41, 5.74) is 7.95. The normalized spacial score (nSPS) is 22.0. The van der Waals surface area contributed by atoms with Crippen molar-refractivity contribution in [2.75, 3.05) is 0 Å². The van der Waals surface area contributed by atoms with Gasteiger partial charge in [-0.25, -0.2) is 0 Å². The van der Waals surface area contributed by atoms with Gasteiger partial charge in [-0.3, -0.25) is 4.79 Å². The second kappa shape index (κ2) is 5.35. The number of halogens is 1. The molecular formula is C17H18ClN3O2. The summed E-state index contributed by atoms with van der Waals surface area (Å²) in [4.78, 5) is 13.1. The molecule has 0 spiro atoms. The first-order valence-electron chi connectivity index (χ1n) is 7.92. The Morgan fingerprint density at radius 3 is 2.96 bits per heavy atom. The Kier molecular flexibility index (Phi) is 3.43. The standard InChI is InChI=1S/C17H18ClN3O2/c1-9-14-16(23-20-9)15-12(18)6-3-7-13(15)21(17(14)22)11-5-2-4-10(19)8-11/h3,6-7,10-11H,2,4-5,8,19H2,1H3. The fourth-order valence-corrected chi connectivity index (χ4v) is 4.01. The van der Waals surface area contributed by atoms with Crippen molar-refractivity contribution in [1.82, 2.24) is 9.72 Å². The molecule has 1 saturated carbocycles. The number of nitrogens with two attached hydrogens (primary N) is 1. The zero-order valence-corrected chi connectivity index (χ0v) is 13.6. The summed E-state index contributed by atoms with van der Waals surface area (Å²) in [6.07, 6.45) is 3.79. The number of nitrogens with zero attached hydrogens (tertiary/aromatic N) is 2. The highest BCUT2D eigenvalue weighted by atomic mass is 35.5. The van der Waals surface area contributed by atoms with Crippen LogP contribution < -0.4 is 11.3 Å². The number of hydrogen-bond donors (Lipinski definition) is 1. The molecule has 23 heavy (non-hydrogen) atoms. The van der Waals surface area contributed by atoms with E-state index in [2.05, 4.69) is 5.16 Å². The maximum atomic E-state index is 13.1. The maximum absolute atomic E-state index is 13.1. The third-order valence-electron chi connectivity index (χ3n) is 4.83. The third-order valence-corrected chi connectivity index (χ3v) is 5.14. The molecule has 2 N–H and O–H groups in total. The van der Waals surface area contributed by atoms with Gasteiger partial charge < -0.3 is 14.8 Å². The Morgan fingerprint density at radius 1 is 1.35 bits per heavy atom. The van der Waals surface area contributed by atoms with Crippen LogP contribution in [0.2, 0.25) is 5.02 Å². The van der Waals surface area contributed by atoms with E-state index in [1.165, 1.54) is 0 Å². The zero-order chi connectivity index (χ0) is 16.1. The smallest absolute Gasteiger partial charge is 0.264 e. The predicted octanol–water partition coefficient (Wildman–Crippen LogP) is 3.55. The van der Waals surface area contributed by atoms with Crippen molar-refractivity contribution < 1.29 is 4.52 Å². The monoisotopic (exact) mass is 331 g/mol. The van der Waals surface area contributed by atoms with E-state index in [1.807, 2.05) is 22.8 Å². The van der Waals surface area contributed by atoms with E-state index in [0.717, 1.165) is 36.6 Å². The molecule has 0 radical (unpaired) electrons. The molecule has 0 saturated heterocycles. The Balaban J connectivity index is 2.12. The number of fused-ring (bicyclic) bond motifs is 3. The molecule has 2 unspecified atom stereocenters. The highest BCUT2D eigenvalue weighted by molar-refractivity contribution is 6.37. The van der Waals surface area contributed by atoms with Gasteiger partial charge in [0.05, 0.1) is 21.6 Å². The van der Waals surface area contributed by atoms with Crippen molar-refractivity contribution in [3.05, 3.63) is 39.3 Å². The molecule has 4 rings (SSSR count). The van der Waals surface area contributed by atoms with E-state index < -0.39 is 0 Å². The van der Waals surface area contributed by atoms with E-state index in [-0.39, 0.29) is 17.6 Å². The van der Waals surface area contributed by atoms with Crippen molar-refractivity contribution in [1.29, 1.82) is 0 Å². The van der Waals surface area contributed by atoms with Crippen molar-refractivity contribution in [2.45, 2.75) is 44.7 Å². The minimum atomic E-state index is -0.0624. The summed E-state index contributed by atoms with van der Waals surface area (Å²) in [7, 11) is 0. The van der Waals surface area contributed by atoms with E-state index in [0.29, 0.717) is 21.7 Å². The average Bonchev–Trinajstić information content (AvgIpc) is 2.90. The molecule has 2 aromatic heterocycles. The minimum absolute atomic E-state index is 0.0624. The van der Waals surface area contributed by atoms with Crippen LogP contribution in [0, 0.1) is 6.92 Å². The molecule has 0 amide bonds. The number of rotatable bonds is 1. The summed E-state index contributed by atoms with van der Waals surface area (Å²) in [6.45, 7) is 1.78. The second-order valence-corrected chi connectivity index (χ2v) is 6.77. The lowest BCUT2D eigenvalue weighted by molar-refractivity contribution is 0.321. The van der Waals surface area contributed by atoms with Gasteiger partial charge in [-0.15, -0.1) is 0 Å². The SMILES string of the molecule is Cc1noc2c1c(=O)n(C1CCCC(N)C1)c1cccc(Cl)c21. The lowest BCUT2D eigenvalue weighted by atomic mass is 9.91. The van der Waals surface area contributed by atoms with Gasteiger partial charge in [0.25, 0.3) is 5.56 Å². The van der Waals surface area contributed by atoms with Crippen LogP contribution in [0.3, 0.4) is 0 Å². The van der Waals surface area contributed by atoms with Crippen LogP contribution in [0.4, 0.5) is 0 Å². The minimum Gasteiger partial charge on any atom is -0.355 e. The Morgan fingerprint density at radius 2 is 2.17 bits per heavy atom. The molecule has 5 nitrogen and oxygen atoms in total. The summed E-state index contributed by atoms with van der Waals surface area (Å²) < 4.78 is 7.27. The van der Waals surface area contributed by atoms with Crippen molar-refractivity contribution in [2.24, 2.45) is 5.73 Å². The highest BCUT2D eigenvalue weighted by Gasteiger charge is 2.26. The molecule has 1 aliphatic rings. The van der Waals surface area contributed by atoms with Gasteiger partial charge >= 0.3 is 0 Å². The number of hydrogen-bond acceptors (Lipinski definition) is 4. The number of aryl methyl sites for hydroxylation is 1. The lowest BCUT2D eigenvalue weighted by Gasteiger charge is -2.29. The Hall–Kier alpha value is -1.85. The van der Waals surface area contributed by atoms with Crippen molar-refractivity contribution in [3.63, 3.8) is 0 Å². The van der Waals surface area contributed by atoms with Gasteiger partial charge in [-0.1, -0.05) is 22.8 Å². The van der Waals surface area contributed by atoms with Crippen LogP contribution in [0.25, 0.3) is 21.9 Å². The summed E-state index contributed by atoms with van der Waals surface area (Å²) in [5, 5.41) is 5.82. The van der Waals surface area contributed by atoms with Crippen LogP contribution in [-0.4, -0.2) is 15.8 Å². The first kappa shape index (κ1) is 14.7. The summed E-state index contributed by atoms with van der Waals surface area (Å²) >= 11 is 6.41. The first-order valence-corrected chi connectivity index (χ1v) is 8.30. The van der Waals surface area contributed by atoms with E-state index in [9.17, 15) is 4.79 Å². The molecule has 120 valence electrons. The van der Waals surface area contributed by atoms with E-state index >= 15 is 0 Å². The Bertz CT molecular complexity index is 960. The van der Waals surface area contributed by atoms with Crippen molar-refractivity contribution >= 4 is 33.5 Å². The molecule has 2 heterocycles. The van der Waals surface area contributed by atoms with Gasteiger partial charge in [0, 0.05) is 12.1 Å². The number of benzene rings is 1. The van der Waals surface area contributed by atoms with Crippen molar-refractivity contribution in [3.8, 4) is 0 Å². The van der Waals surface area contributed by atoms with E-state index in [1.54, 1.807) is 6.92 Å². The van der Waals surface area contributed by atoms with Gasteiger partial charge in [-0.2, -0.15) is 0 Å². The quantitative estimate of drug-likeness (QED) is 0.740. The van der Waals surface area contributed by atoms with Crippen LogP contribution in [-0.2, 0) is 0 Å². The Labute approximate surface area is 138 Å². The fourth-order valence-electron chi connectivity index (χ4n) is 3.76. The molecule has 0 bridgehead atoms. The molecule has 1 aromatic carbocycles. The van der Waals surface area contributed by atoms with E-state index in [4.69, 9.17) is 21.9 Å². The fraction of sp³-hybridized carbons (Fsp3) is 0.412. The predicted molar refractivity (Wildman–Crippen MR) is 91.0 cm³/mol. The molecule has 0 aliphatic heterocycles. The topological polar surface area (TPSA) is 74.0 Å². The highest BCUT2D eigenvalue weighted by Crippen LogP contribution is 2.35. The lowest BCUT2D eigenvalue weighted by Crippen LogP contribution is -2.34. The molecule has 1 fully saturated rings. The molecule has 1 aliphatic carbocycles. The molecule has 2 atom stereocenters.